The Morgan fingerprint density at radius 1 is 1.79 bits per heavy atom. The predicted octanol–water partition coefficient (Wildman–Crippen LogP) is 0.150. The van der Waals surface area contributed by atoms with Crippen LogP contribution in [-0.2, 0) is 18.4 Å². The van der Waals surface area contributed by atoms with Crippen molar-refractivity contribution in [1.29, 1.82) is 0 Å². The van der Waals surface area contributed by atoms with Gasteiger partial charge in [-0.15, -0.1) is 0 Å². The van der Waals surface area contributed by atoms with Gasteiger partial charge in [-0.3, -0.25) is 0 Å². The van der Waals surface area contributed by atoms with Gasteiger partial charge in [-0.25, -0.2) is 9.78 Å². The Morgan fingerprint density at radius 2 is 2.57 bits per heavy atom. The Kier molecular flexibility index (Phi) is 3.87. The fraction of sp³-hybridized carbons (Fsp3) is 0.333. The molecule has 0 unspecified atom stereocenters. The topological polar surface area (TPSA) is 67.2 Å². The number of aliphatic carboxylic acids is 1. The lowest BCUT2D eigenvalue weighted by molar-refractivity contribution is -0.131. The highest BCUT2D eigenvalue weighted by Crippen LogP contribution is 1.92. The molecule has 0 bridgehead atoms. The van der Waals surface area contributed by atoms with Crippen LogP contribution >= 0.6 is 0 Å². The molecule has 1 rings (SSSR count). The van der Waals surface area contributed by atoms with Crippen LogP contribution in [0.1, 0.15) is 5.82 Å². The van der Waals surface area contributed by atoms with Crippen LogP contribution in [0.5, 0.6) is 0 Å². The minimum absolute atomic E-state index is 0.527. The molecule has 0 saturated carbocycles. The van der Waals surface area contributed by atoms with Gasteiger partial charge in [-0.1, -0.05) is 6.08 Å². The number of carboxylic acid groups (broad SMARTS) is 1. The third-order valence-electron chi connectivity index (χ3n) is 1.73. The number of carboxylic acids is 1. The van der Waals surface area contributed by atoms with Gasteiger partial charge in [0, 0.05) is 32.1 Å². The monoisotopic (exact) mass is 195 g/mol. The molecule has 5 nitrogen and oxygen atoms in total. The van der Waals surface area contributed by atoms with Crippen molar-refractivity contribution in [2.24, 2.45) is 7.05 Å². The zero-order chi connectivity index (χ0) is 10.4. The number of carbonyl (C=O) groups is 1. The van der Waals surface area contributed by atoms with Gasteiger partial charge in [0.1, 0.15) is 5.82 Å². The molecular weight excluding hydrogens is 182 g/mol. The molecule has 0 radical (unpaired) electrons. The molecule has 0 aliphatic carbocycles. The molecule has 1 heterocycles. The molecule has 2 N–H and O–H groups in total. The summed E-state index contributed by atoms with van der Waals surface area (Å²) < 4.78 is 1.91. The summed E-state index contributed by atoms with van der Waals surface area (Å²) >= 11 is 0. The third kappa shape index (κ3) is 3.40. The molecule has 1 aromatic heterocycles. The van der Waals surface area contributed by atoms with Crippen LogP contribution in [-0.4, -0.2) is 27.2 Å². The van der Waals surface area contributed by atoms with Gasteiger partial charge in [0.05, 0.1) is 6.54 Å². The van der Waals surface area contributed by atoms with E-state index >= 15 is 0 Å². The normalized spacial score (nSPS) is 10.9. The van der Waals surface area contributed by atoms with Crippen LogP contribution in [0.15, 0.2) is 24.5 Å². The summed E-state index contributed by atoms with van der Waals surface area (Å²) in [6, 6.07) is 0. The summed E-state index contributed by atoms with van der Waals surface area (Å²) in [6.45, 7) is 1.16. The molecule has 0 spiro atoms. The first kappa shape index (κ1) is 10.5. The van der Waals surface area contributed by atoms with Gasteiger partial charge in [-0.05, 0) is 0 Å². The number of nitrogens with zero attached hydrogens (tertiary/aromatic N) is 2. The highest BCUT2D eigenvalue weighted by atomic mass is 16.4. The summed E-state index contributed by atoms with van der Waals surface area (Å²) in [5.74, 6) is -0.00230. The maximum atomic E-state index is 10.1. The van der Waals surface area contributed by atoms with Crippen molar-refractivity contribution in [1.82, 2.24) is 14.9 Å². The maximum Gasteiger partial charge on any atom is 0.328 e. The lowest BCUT2D eigenvalue weighted by Crippen LogP contribution is -2.16. The third-order valence-corrected chi connectivity index (χ3v) is 1.73. The molecule has 1 aromatic rings. The Balaban J connectivity index is 2.23. The Labute approximate surface area is 82.1 Å². The van der Waals surface area contributed by atoms with Crippen molar-refractivity contribution in [2.75, 3.05) is 6.54 Å². The largest absolute Gasteiger partial charge is 0.478 e. The molecule has 76 valence electrons. The molecule has 0 aliphatic heterocycles. The Bertz CT molecular complexity index is 331. The van der Waals surface area contributed by atoms with Crippen LogP contribution in [0.3, 0.4) is 0 Å². The highest BCUT2D eigenvalue weighted by Gasteiger charge is 1.95. The molecule has 0 aromatic carbocycles. The fourth-order valence-corrected chi connectivity index (χ4v) is 0.994. The Hall–Kier alpha value is -1.62. The van der Waals surface area contributed by atoms with E-state index in [0.29, 0.717) is 13.1 Å². The van der Waals surface area contributed by atoms with Crippen LogP contribution in [0.2, 0.25) is 0 Å². The minimum atomic E-state index is -0.927. The van der Waals surface area contributed by atoms with Crippen molar-refractivity contribution >= 4 is 5.97 Å². The second-order valence-corrected chi connectivity index (χ2v) is 2.83. The van der Waals surface area contributed by atoms with Gasteiger partial charge in [-0.2, -0.15) is 0 Å². The zero-order valence-electron chi connectivity index (χ0n) is 7.97. The second kappa shape index (κ2) is 5.18. The lowest BCUT2D eigenvalue weighted by atomic mass is 10.4. The first-order chi connectivity index (χ1) is 6.70. The number of nitrogens with one attached hydrogen (secondary N) is 1. The fourth-order valence-electron chi connectivity index (χ4n) is 0.994. The first-order valence-electron chi connectivity index (χ1n) is 4.26. The van der Waals surface area contributed by atoms with E-state index in [1.165, 1.54) is 0 Å². The average molecular weight is 195 g/mol. The summed E-state index contributed by atoms with van der Waals surface area (Å²) in [5, 5.41) is 11.4. The van der Waals surface area contributed by atoms with E-state index in [-0.39, 0.29) is 0 Å². The van der Waals surface area contributed by atoms with Gasteiger partial charge in [0.25, 0.3) is 0 Å². The van der Waals surface area contributed by atoms with Crippen LogP contribution in [0, 0.1) is 0 Å². The number of hydrogen-bond donors (Lipinski definition) is 2. The van der Waals surface area contributed by atoms with Crippen LogP contribution in [0.4, 0.5) is 0 Å². The summed E-state index contributed by atoms with van der Waals surface area (Å²) in [7, 11) is 1.91. The van der Waals surface area contributed by atoms with Crippen molar-refractivity contribution in [3.05, 3.63) is 30.4 Å². The van der Waals surface area contributed by atoms with E-state index in [1.807, 2.05) is 17.8 Å². The zero-order valence-corrected chi connectivity index (χ0v) is 7.97. The molecule has 0 saturated heterocycles. The Morgan fingerprint density at radius 3 is 3.14 bits per heavy atom. The maximum absolute atomic E-state index is 10.1. The van der Waals surface area contributed by atoms with E-state index in [2.05, 4.69) is 10.3 Å². The van der Waals surface area contributed by atoms with Crippen molar-refractivity contribution in [2.45, 2.75) is 6.54 Å². The summed E-state index contributed by atoms with van der Waals surface area (Å²) in [6.07, 6.45) is 6.27. The van der Waals surface area contributed by atoms with Gasteiger partial charge in [0.2, 0.25) is 0 Å². The van der Waals surface area contributed by atoms with Crippen LogP contribution in [0.25, 0.3) is 0 Å². The SMILES string of the molecule is Cn1ccnc1CNC/C=C/C(=O)O. The number of rotatable bonds is 5. The molecule has 0 atom stereocenters. The average Bonchev–Trinajstić information content (AvgIpc) is 2.51. The van der Waals surface area contributed by atoms with E-state index in [0.717, 1.165) is 11.9 Å². The number of aromatic nitrogens is 2. The molecule has 14 heavy (non-hydrogen) atoms. The van der Waals surface area contributed by atoms with E-state index < -0.39 is 5.97 Å². The van der Waals surface area contributed by atoms with Crippen molar-refractivity contribution < 1.29 is 9.90 Å². The molecular formula is C9H13N3O2. The van der Waals surface area contributed by atoms with Crippen LogP contribution < -0.4 is 5.32 Å². The predicted molar refractivity (Wildman–Crippen MR) is 51.7 cm³/mol. The van der Waals surface area contributed by atoms with Gasteiger partial charge in [0.15, 0.2) is 0 Å². The van der Waals surface area contributed by atoms with Gasteiger partial charge < -0.3 is 15.0 Å². The molecule has 0 aliphatic rings. The number of hydrogen-bond acceptors (Lipinski definition) is 3. The minimum Gasteiger partial charge on any atom is -0.478 e. The molecule has 5 heteroatoms. The van der Waals surface area contributed by atoms with E-state index in [1.54, 1.807) is 12.3 Å². The standard InChI is InChI=1S/C9H13N3O2/c1-12-6-5-11-8(12)7-10-4-2-3-9(13)14/h2-3,5-6,10H,4,7H2,1H3,(H,13,14)/b3-2+. The lowest BCUT2D eigenvalue weighted by Gasteiger charge is -2.01. The van der Waals surface area contributed by atoms with Gasteiger partial charge >= 0.3 is 5.97 Å². The first-order valence-corrected chi connectivity index (χ1v) is 4.26. The van der Waals surface area contributed by atoms with Crippen molar-refractivity contribution in [3.8, 4) is 0 Å². The van der Waals surface area contributed by atoms with Crippen molar-refractivity contribution in [3.63, 3.8) is 0 Å². The number of aryl methyl sites for hydroxylation is 1. The highest BCUT2D eigenvalue weighted by molar-refractivity contribution is 5.79. The van der Waals surface area contributed by atoms with E-state index in [9.17, 15) is 4.79 Å². The summed E-state index contributed by atoms with van der Waals surface area (Å²) in [5.41, 5.74) is 0. The summed E-state index contributed by atoms with van der Waals surface area (Å²) in [4.78, 5) is 14.2. The quantitative estimate of drug-likeness (QED) is 0.518. The second-order valence-electron chi connectivity index (χ2n) is 2.83. The molecule has 0 amide bonds. The molecule has 0 fully saturated rings. The smallest absolute Gasteiger partial charge is 0.328 e. The number of imidazole rings is 1. The van der Waals surface area contributed by atoms with E-state index in [4.69, 9.17) is 5.11 Å².